The molecule has 0 atom stereocenters. The van der Waals surface area contributed by atoms with Crippen molar-refractivity contribution in [3.8, 4) is 5.75 Å². The SMILES string of the molecule is CCCOc1cccc(CCNC)c1. The molecule has 0 aromatic heterocycles. The van der Waals surface area contributed by atoms with Gasteiger partial charge in [-0.2, -0.15) is 0 Å². The van der Waals surface area contributed by atoms with Gasteiger partial charge in [0.2, 0.25) is 0 Å². The zero-order valence-electron chi connectivity index (χ0n) is 9.05. The van der Waals surface area contributed by atoms with Crippen LogP contribution in [0.3, 0.4) is 0 Å². The molecular formula is C12H19NO. The highest BCUT2D eigenvalue weighted by molar-refractivity contribution is 5.28. The van der Waals surface area contributed by atoms with E-state index in [1.54, 1.807) is 0 Å². The van der Waals surface area contributed by atoms with E-state index in [1.165, 1.54) is 5.56 Å². The highest BCUT2D eigenvalue weighted by Crippen LogP contribution is 2.13. The van der Waals surface area contributed by atoms with E-state index < -0.39 is 0 Å². The predicted octanol–water partition coefficient (Wildman–Crippen LogP) is 2.24. The van der Waals surface area contributed by atoms with Gasteiger partial charge in [-0.05, 0) is 44.1 Å². The molecule has 0 saturated carbocycles. The number of hydrogen-bond acceptors (Lipinski definition) is 2. The summed E-state index contributed by atoms with van der Waals surface area (Å²) in [6.45, 7) is 3.93. The zero-order valence-corrected chi connectivity index (χ0v) is 9.05. The molecule has 0 aliphatic rings. The van der Waals surface area contributed by atoms with Crippen molar-refractivity contribution >= 4 is 0 Å². The van der Waals surface area contributed by atoms with Crippen LogP contribution >= 0.6 is 0 Å². The van der Waals surface area contributed by atoms with Gasteiger partial charge in [0.15, 0.2) is 0 Å². The topological polar surface area (TPSA) is 21.3 Å². The summed E-state index contributed by atoms with van der Waals surface area (Å²) in [6, 6.07) is 8.32. The maximum Gasteiger partial charge on any atom is 0.119 e. The molecular weight excluding hydrogens is 174 g/mol. The molecule has 0 spiro atoms. The summed E-state index contributed by atoms with van der Waals surface area (Å²) in [5, 5.41) is 3.14. The van der Waals surface area contributed by atoms with Crippen LogP contribution in [-0.2, 0) is 6.42 Å². The van der Waals surface area contributed by atoms with Gasteiger partial charge in [-0.1, -0.05) is 19.1 Å². The minimum Gasteiger partial charge on any atom is -0.494 e. The van der Waals surface area contributed by atoms with Crippen LogP contribution < -0.4 is 10.1 Å². The second kappa shape index (κ2) is 6.44. The van der Waals surface area contributed by atoms with Crippen LogP contribution in [-0.4, -0.2) is 20.2 Å². The van der Waals surface area contributed by atoms with Gasteiger partial charge >= 0.3 is 0 Å². The molecule has 1 aromatic rings. The predicted molar refractivity (Wildman–Crippen MR) is 59.9 cm³/mol. The Morgan fingerprint density at radius 3 is 2.93 bits per heavy atom. The van der Waals surface area contributed by atoms with E-state index in [9.17, 15) is 0 Å². The largest absolute Gasteiger partial charge is 0.494 e. The summed E-state index contributed by atoms with van der Waals surface area (Å²) in [6.07, 6.45) is 2.11. The Bertz CT molecular complexity index is 237. The standard InChI is InChI=1S/C12H19NO/c1-3-9-14-12-6-4-5-11(10-12)7-8-13-2/h4-6,10,13H,3,7-9H2,1-2H3. The van der Waals surface area contributed by atoms with E-state index in [1.807, 2.05) is 13.1 Å². The quantitative estimate of drug-likeness (QED) is 0.748. The normalized spacial score (nSPS) is 10.1. The van der Waals surface area contributed by atoms with Gasteiger partial charge in [-0.15, -0.1) is 0 Å². The van der Waals surface area contributed by atoms with E-state index >= 15 is 0 Å². The molecule has 0 unspecified atom stereocenters. The van der Waals surface area contributed by atoms with Gasteiger partial charge in [-0.3, -0.25) is 0 Å². The van der Waals surface area contributed by atoms with Crippen LogP contribution in [0, 0.1) is 0 Å². The van der Waals surface area contributed by atoms with Gasteiger partial charge < -0.3 is 10.1 Å². The van der Waals surface area contributed by atoms with E-state index in [2.05, 4.69) is 30.4 Å². The fraction of sp³-hybridized carbons (Fsp3) is 0.500. The minimum absolute atomic E-state index is 0.801. The van der Waals surface area contributed by atoms with Crippen LogP contribution in [0.5, 0.6) is 5.75 Å². The van der Waals surface area contributed by atoms with Crippen molar-refractivity contribution in [3.63, 3.8) is 0 Å². The molecule has 14 heavy (non-hydrogen) atoms. The van der Waals surface area contributed by atoms with Crippen LogP contribution in [0.2, 0.25) is 0 Å². The van der Waals surface area contributed by atoms with E-state index in [0.717, 1.165) is 31.7 Å². The number of benzene rings is 1. The molecule has 0 amide bonds. The molecule has 0 radical (unpaired) electrons. The van der Waals surface area contributed by atoms with Crippen molar-refractivity contribution in [2.45, 2.75) is 19.8 Å². The Morgan fingerprint density at radius 2 is 2.21 bits per heavy atom. The smallest absolute Gasteiger partial charge is 0.119 e. The summed E-state index contributed by atoms with van der Waals surface area (Å²) >= 11 is 0. The van der Waals surface area contributed by atoms with Crippen molar-refractivity contribution in [2.24, 2.45) is 0 Å². The lowest BCUT2D eigenvalue weighted by molar-refractivity contribution is 0.317. The number of ether oxygens (including phenoxy) is 1. The molecule has 1 aromatic carbocycles. The lowest BCUT2D eigenvalue weighted by Gasteiger charge is -2.06. The molecule has 2 heteroatoms. The lowest BCUT2D eigenvalue weighted by atomic mass is 10.1. The van der Waals surface area contributed by atoms with Crippen molar-refractivity contribution < 1.29 is 4.74 Å². The Morgan fingerprint density at radius 1 is 1.36 bits per heavy atom. The molecule has 1 N–H and O–H groups in total. The molecule has 2 nitrogen and oxygen atoms in total. The summed E-state index contributed by atoms with van der Waals surface area (Å²) < 4.78 is 5.56. The van der Waals surface area contributed by atoms with Crippen LogP contribution in [0.4, 0.5) is 0 Å². The average Bonchev–Trinajstić information content (AvgIpc) is 2.24. The second-order valence-corrected chi connectivity index (χ2v) is 3.35. The van der Waals surface area contributed by atoms with Crippen molar-refractivity contribution in [1.29, 1.82) is 0 Å². The average molecular weight is 193 g/mol. The molecule has 0 aliphatic heterocycles. The first-order valence-electron chi connectivity index (χ1n) is 5.23. The highest BCUT2D eigenvalue weighted by Gasteiger charge is 1.95. The first-order chi connectivity index (χ1) is 6.86. The first kappa shape index (κ1) is 11.1. The van der Waals surface area contributed by atoms with Crippen molar-refractivity contribution in [2.75, 3.05) is 20.2 Å². The minimum atomic E-state index is 0.801. The third-order valence-corrected chi connectivity index (χ3v) is 2.03. The van der Waals surface area contributed by atoms with Crippen LogP contribution in [0.25, 0.3) is 0 Å². The van der Waals surface area contributed by atoms with Gasteiger partial charge in [0.25, 0.3) is 0 Å². The van der Waals surface area contributed by atoms with E-state index in [4.69, 9.17) is 4.74 Å². The molecule has 78 valence electrons. The lowest BCUT2D eigenvalue weighted by Crippen LogP contribution is -2.10. The fourth-order valence-electron chi connectivity index (χ4n) is 1.28. The third-order valence-electron chi connectivity index (χ3n) is 2.03. The Labute approximate surface area is 86.3 Å². The highest BCUT2D eigenvalue weighted by atomic mass is 16.5. The van der Waals surface area contributed by atoms with Crippen molar-refractivity contribution in [3.05, 3.63) is 29.8 Å². The molecule has 0 fully saturated rings. The third kappa shape index (κ3) is 3.79. The summed E-state index contributed by atoms with van der Waals surface area (Å²) in [7, 11) is 1.97. The summed E-state index contributed by atoms with van der Waals surface area (Å²) in [4.78, 5) is 0. The van der Waals surface area contributed by atoms with Gasteiger partial charge in [0.05, 0.1) is 6.61 Å². The monoisotopic (exact) mass is 193 g/mol. The van der Waals surface area contributed by atoms with Gasteiger partial charge in [-0.25, -0.2) is 0 Å². The fourth-order valence-corrected chi connectivity index (χ4v) is 1.28. The molecule has 1 rings (SSSR count). The molecule has 0 heterocycles. The Kier molecular flexibility index (Phi) is 5.08. The van der Waals surface area contributed by atoms with Gasteiger partial charge in [0.1, 0.15) is 5.75 Å². The Hall–Kier alpha value is -1.02. The second-order valence-electron chi connectivity index (χ2n) is 3.35. The van der Waals surface area contributed by atoms with E-state index in [0.29, 0.717) is 0 Å². The van der Waals surface area contributed by atoms with Crippen LogP contribution in [0.15, 0.2) is 24.3 Å². The number of hydrogen-bond donors (Lipinski definition) is 1. The molecule has 0 aliphatic carbocycles. The zero-order chi connectivity index (χ0) is 10.2. The maximum atomic E-state index is 5.56. The molecule has 0 saturated heterocycles. The number of rotatable bonds is 6. The number of nitrogens with one attached hydrogen (secondary N) is 1. The first-order valence-corrected chi connectivity index (χ1v) is 5.23. The summed E-state index contributed by atoms with van der Waals surface area (Å²) in [5.41, 5.74) is 1.33. The molecule has 0 bridgehead atoms. The van der Waals surface area contributed by atoms with Crippen LogP contribution in [0.1, 0.15) is 18.9 Å². The van der Waals surface area contributed by atoms with E-state index in [-0.39, 0.29) is 0 Å². The summed E-state index contributed by atoms with van der Waals surface area (Å²) in [5.74, 6) is 0.987. The van der Waals surface area contributed by atoms with Crippen molar-refractivity contribution in [1.82, 2.24) is 5.32 Å². The maximum absolute atomic E-state index is 5.56. The number of likely N-dealkylation sites (N-methyl/N-ethyl adjacent to an activating group) is 1. The van der Waals surface area contributed by atoms with Gasteiger partial charge in [0, 0.05) is 0 Å². The Balaban J connectivity index is 2.50.